The smallest absolute Gasteiger partial charge is 0.335 e. The molecule has 1 aliphatic heterocycles. The van der Waals surface area contributed by atoms with E-state index in [9.17, 15) is 14.4 Å². The van der Waals surface area contributed by atoms with Gasteiger partial charge < -0.3 is 14.7 Å². The summed E-state index contributed by atoms with van der Waals surface area (Å²) in [5.74, 6) is -1.02. The van der Waals surface area contributed by atoms with E-state index in [1.807, 2.05) is 0 Å². The molecule has 0 spiro atoms. The average Bonchev–Trinajstić information content (AvgIpc) is 2.29. The minimum Gasteiger partial charge on any atom is -0.478 e. The maximum absolute atomic E-state index is 11.7. The normalized spacial score (nSPS) is 16.1. The first-order valence-corrected chi connectivity index (χ1v) is 5.48. The van der Waals surface area contributed by atoms with Gasteiger partial charge in [-0.3, -0.25) is 0 Å². The zero-order chi connectivity index (χ0) is 12.4. The van der Waals surface area contributed by atoms with Gasteiger partial charge in [-0.15, -0.1) is 0 Å². The van der Waals surface area contributed by atoms with E-state index in [0.29, 0.717) is 24.7 Å². The molecule has 2 rings (SSSR count). The molecular weight excluding hydrogens is 219 g/mol. The highest BCUT2D eigenvalue weighted by molar-refractivity contribution is 7.19. The molecule has 1 N–H and O–H groups in total. The highest BCUT2D eigenvalue weighted by Gasteiger charge is 2.35. The van der Waals surface area contributed by atoms with E-state index in [-0.39, 0.29) is 16.9 Å². The molecule has 0 unspecified atom stereocenters. The van der Waals surface area contributed by atoms with Gasteiger partial charge in [0.05, 0.1) is 5.56 Å². The van der Waals surface area contributed by atoms with Crippen molar-refractivity contribution in [3.8, 4) is 0 Å². The fraction of sp³-hybridized carbons (Fsp3) is 0.250. The number of carboxylic acids is 1. The molecule has 1 fully saturated rings. The number of aromatic carboxylic acids is 1. The Kier molecular flexibility index (Phi) is 3.09. The molecule has 1 aliphatic rings. The van der Waals surface area contributed by atoms with Crippen LogP contribution in [0.5, 0.6) is 0 Å². The van der Waals surface area contributed by atoms with Gasteiger partial charge >= 0.3 is 12.7 Å². The summed E-state index contributed by atoms with van der Waals surface area (Å²) in [5.41, 5.74) is 0.628. The molecule has 1 aromatic rings. The van der Waals surface area contributed by atoms with Crippen LogP contribution in [0.1, 0.15) is 29.6 Å². The van der Waals surface area contributed by atoms with Gasteiger partial charge in [0.1, 0.15) is 11.4 Å². The van der Waals surface area contributed by atoms with Crippen LogP contribution >= 0.6 is 0 Å². The Labute approximate surface area is 98.7 Å². The highest BCUT2D eigenvalue weighted by Crippen LogP contribution is 2.11. The monoisotopic (exact) mass is 230 g/mol. The van der Waals surface area contributed by atoms with E-state index < -0.39 is 12.7 Å². The van der Waals surface area contributed by atoms with E-state index >= 15 is 0 Å². The Bertz CT molecular complexity index is 462. The SMILES string of the molecule is O=C1CCCC(=O)B1c1ccc(C(=O)O)cc1. The first-order chi connectivity index (χ1) is 8.09. The molecule has 1 heterocycles. The molecule has 0 amide bonds. The maximum Gasteiger partial charge on any atom is 0.335 e. The van der Waals surface area contributed by atoms with Crippen LogP contribution in [-0.2, 0) is 9.59 Å². The van der Waals surface area contributed by atoms with Crippen LogP contribution in [-0.4, -0.2) is 29.2 Å². The summed E-state index contributed by atoms with van der Waals surface area (Å²) in [4.78, 5) is 34.1. The lowest BCUT2D eigenvalue weighted by Crippen LogP contribution is -2.48. The Hall–Kier alpha value is -1.91. The van der Waals surface area contributed by atoms with Crippen LogP contribution in [0, 0.1) is 0 Å². The molecule has 4 nitrogen and oxygen atoms in total. The molecule has 0 atom stereocenters. The summed E-state index contributed by atoms with van der Waals surface area (Å²) >= 11 is 0. The van der Waals surface area contributed by atoms with Gasteiger partial charge in [0.15, 0.2) is 0 Å². The fourth-order valence-electron chi connectivity index (χ4n) is 2.10. The Morgan fingerprint density at radius 3 is 2.06 bits per heavy atom. The maximum atomic E-state index is 11.7. The number of carbonyl (C=O) groups is 3. The minimum atomic E-state index is -1.02. The molecule has 0 radical (unpaired) electrons. The summed E-state index contributed by atoms with van der Waals surface area (Å²) in [6.07, 6.45) is 1.48. The van der Waals surface area contributed by atoms with Crippen molar-refractivity contribution >= 4 is 29.5 Å². The van der Waals surface area contributed by atoms with Crippen molar-refractivity contribution < 1.29 is 19.5 Å². The van der Waals surface area contributed by atoms with E-state index in [2.05, 4.69) is 0 Å². The van der Waals surface area contributed by atoms with Crippen molar-refractivity contribution in [3.05, 3.63) is 29.8 Å². The Morgan fingerprint density at radius 2 is 1.59 bits per heavy atom. The summed E-state index contributed by atoms with van der Waals surface area (Å²) in [6, 6.07) is 5.95. The van der Waals surface area contributed by atoms with Crippen LogP contribution in [0.25, 0.3) is 0 Å². The van der Waals surface area contributed by atoms with Gasteiger partial charge in [-0.25, -0.2) is 4.79 Å². The minimum absolute atomic E-state index is 0.0654. The van der Waals surface area contributed by atoms with Gasteiger partial charge in [-0.2, -0.15) is 0 Å². The van der Waals surface area contributed by atoms with Gasteiger partial charge in [-0.1, -0.05) is 17.6 Å². The van der Waals surface area contributed by atoms with Crippen LogP contribution in [0.15, 0.2) is 24.3 Å². The molecule has 0 saturated carbocycles. The molecule has 1 saturated heterocycles. The molecular formula is C12H11BO4. The fourth-order valence-corrected chi connectivity index (χ4v) is 2.10. The van der Waals surface area contributed by atoms with Gasteiger partial charge in [0.2, 0.25) is 0 Å². The molecule has 5 heteroatoms. The molecule has 0 aliphatic carbocycles. The number of hydrogen-bond acceptors (Lipinski definition) is 3. The molecule has 1 aromatic carbocycles. The average molecular weight is 230 g/mol. The molecule has 86 valence electrons. The summed E-state index contributed by atoms with van der Waals surface area (Å²) in [5, 5.41) is 8.76. The summed E-state index contributed by atoms with van der Waals surface area (Å²) in [7, 11) is 0. The topological polar surface area (TPSA) is 71.4 Å². The largest absolute Gasteiger partial charge is 0.478 e. The van der Waals surface area contributed by atoms with Crippen molar-refractivity contribution in [2.24, 2.45) is 0 Å². The van der Waals surface area contributed by atoms with Crippen LogP contribution in [0.3, 0.4) is 0 Å². The lowest BCUT2D eigenvalue weighted by atomic mass is 9.36. The lowest BCUT2D eigenvalue weighted by Gasteiger charge is -2.16. The predicted octanol–water partition coefficient (Wildman–Crippen LogP) is 0.487. The first-order valence-electron chi connectivity index (χ1n) is 5.48. The third-order valence-corrected chi connectivity index (χ3v) is 2.98. The Morgan fingerprint density at radius 1 is 1.06 bits per heavy atom. The van der Waals surface area contributed by atoms with Crippen LogP contribution < -0.4 is 5.46 Å². The molecule has 17 heavy (non-hydrogen) atoms. The van der Waals surface area contributed by atoms with Gasteiger partial charge in [-0.05, 0) is 31.4 Å². The standard InChI is InChI=1S/C12H11BO4/c14-10-2-1-3-11(15)13(10)9-6-4-8(5-7-9)12(16)17/h4-7H,1-3H2,(H,16,17). The van der Waals surface area contributed by atoms with Gasteiger partial charge in [0.25, 0.3) is 0 Å². The molecule has 0 bridgehead atoms. The van der Waals surface area contributed by atoms with Gasteiger partial charge in [0, 0.05) is 0 Å². The number of carboxylic acid groups (broad SMARTS) is 1. The van der Waals surface area contributed by atoms with Crippen LogP contribution in [0.2, 0.25) is 0 Å². The lowest BCUT2D eigenvalue weighted by molar-refractivity contribution is -0.117. The zero-order valence-corrected chi connectivity index (χ0v) is 9.18. The van der Waals surface area contributed by atoms with E-state index in [1.165, 1.54) is 12.1 Å². The zero-order valence-electron chi connectivity index (χ0n) is 9.18. The number of hydrogen-bond donors (Lipinski definition) is 1. The molecule has 0 aromatic heterocycles. The second-order valence-corrected chi connectivity index (χ2v) is 4.15. The summed E-state index contributed by atoms with van der Waals surface area (Å²) in [6.45, 7) is -0.688. The summed E-state index contributed by atoms with van der Waals surface area (Å²) < 4.78 is 0. The van der Waals surface area contributed by atoms with Crippen LogP contribution in [0.4, 0.5) is 0 Å². The van der Waals surface area contributed by atoms with Crippen molar-refractivity contribution in [1.82, 2.24) is 0 Å². The third kappa shape index (κ3) is 2.28. The van der Waals surface area contributed by atoms with Crippen molar-refractivity contribution in [2.45, 2.75) is 19.3 Å². The van der Waals surface area contributed by atoms with E-state index in [0.717, 1.165) is 0 Å². The first kappa shape index (κ1) is 11.6. The number of rotatable bonds is 2. The Balaban J connectivity index is 2.29. The van der Waals surface area contributed by atoms with Crippen molar-refractivity contribution in [2.75, 3.05) is 0 Å². The van der Waals surface area contributed by atoms with Crippen molar-refractivity contribution in [1.29, 1.82) is 0 Å². The quantitative estimate of drug-likeness (QED) is 0.750. The highest BCUT2D eigenvalue weighted by atomic mass is 16.4. The number of benzene rings is 1. The predicted molar refractivity (Wildman–Crippen MR) is 62.7 cm³/mol. The van der Waals surface area contributed by atoms with E-state index in [1.54, 1.807) is 12.1 Å². The second kappa shape index (κ2) is 4.53. The van der Waals surface area contributed by atoms with Crippen molar-refractivity contribution in [3.63, 3.8) is 0 Å². The third-order valence-electron chi connectivity index (χ3n) is 2.98. The van der Waals surface area contributed by atoms with E-state index in [4.69, 9.17) is 5.11 Å². The second-order valence-electron chi connectivity index (χ2n) is 4.15. The number of carbonyl (C=O) groups excluding carboxylic acids is 2.